The first-order valence-electron chi connectivity index (χ1n) is 14.8. The van der Waals surface area contributed by atoms with E-state index in [4.69, 9.17) is 18.9 Å². The molecule has 0 radical (unpaired) electrons. The summed E-state index contributed by atoms with van der Waals surface area (Å²) in [7, 11) is 3.88. The molecular formula is C29H58N2O6. The predicted octanol–water partition coefficient (Wildman–Crippen LogP) is 6.31. The van der Waals surface area contributed by atoms with Crippen molar-refractivity contribution in [1.29, 1.82) is 0 Å². The lowest BCUT2D eigenvalue weighted by atomic mass is 10.1. The molecule has 1 atom stereocenters. The van der Waals surface area contributed by atoms with E-state index in [1.807, 2.05) is 25.9 Å². The minimum Gasteiger partial charge on any atom is -0.465 e. The zero-order chi connectivity index (χ0) is 27.6. The number of likely N-dealkylation sites (N-methyl/N-ethyl adjacent to an activating group) is 1. The molecule has 8 nitrogen and oxygen atoms in total. The van der Waals surface area contributed by atoms with Crippen LogP contribution in [-0.4, -0.2) is 76.9 Å². The zero-order valence-electron chi connectivity index (χ0n) is 24.7. The second-order valence-corrected chi connectivity index (χ2v) is 10.4. The Morgan fingerprint density at radius 1 is 0.757 bits per heavy atom. The van der Waals surface area contributed by atoms with E-state index in [0.717, 1.165) is 19.4 Å². The van der Waals surface area contributed by atoms with Crippen molar-refractivity contribution in [2.75, 3.05) is 53.6 Å². The largest absolute Gasteiger partial charge is 0.465 e. The van der Waals surface area contributed by atoms with E-state index >= 15 is 0 Å². The van der Waals surface area contributed by atoms with Crippen LogP contribution in [-0.2, 0) is 23.7 Å². The monoisotopic (exact) mass is 530 g/mol. The molecule has 0 aliphatic rings. The second kappa shape index (κ2) is 26.2. The van der Waals surface area contributed by atoms with Crippen molar-refractivity contribution in [3.8, 4) is 0 Å². The number of hydrogen-bond acceptors (Lipinski definition) is 7. The van der Waals surface area contributed by atoms with Crippen molar-refractivity contribution in [3.05, 3.63) is 0 Å². The number of carbonyl (C=O) groups is 2. The molecule has 0 aromatic rings. The molecule has 0 rings (SSSR count). The van der Waals surface area contributed by atoms with E-state index in [9.17, 15) is 9.59 Å². The van der Waals surface area contributed by atoms with Gasteiger partial charge in [-0.05, 0) is 26.9 Å². The number of nitrogens with zero attached hydrogens (tertiary/aromatic N) is 1. The summed E-state index contributed by atoms with van der Waals surface area (Å²) in [5, 5.41) is 2.70. The first-order chi connectivity index (χ1) is 17.9. The quantitative estimate of drug-likeness (QED) is 0.0796. The van der Waals surface area contributed by atoms with Gasteiger partial charge < -0.3 is 29.2 Å². The molecule has 0 bridgehead atoms. The second-order valence-electron chi connectivity index (χ2n) is 10.4. The smallest absolute Gasteiger partial charge is 0.407 e. The van der Waals surface area contributed by atoms with Gasteiger partial charge in [0.25, 0.3) is 0 Å². The summed E-state index contributed by atoms with van der Waals surface area (Å²) in [6, 6.07) is 0. The molecule has 0 aliphatic heterocycles. The SMILES string of the molecule is CCCCCCCCOC(CCC(=O)OCC(C)COC(=O)NCCN(C)C)OCCCCCCCC. The third-order valence-electron chi connectivity index (χ3n) is 6.04. The number of amides is 1. The normalized spacial score (nSPS) is 12.2. The first kappa shape index (κ1) is 35.6. The molecule has 0 fully saturated rings. The maximum Gasteiger partial charge on any atom is 0.407 e. The van der Waals surface area contributed by atoms with Crippen molar-refractivity contribution in [2.24, 2.45) is 5.92 Å². The van der Waals surface area contributed by atoms with Crippen LogP contribution in [0.1, 0.15) is 111 Å². The number of rotatable bonds is 26. The Balaban J connectivity index is 4.18. The highest BCUT2D eigenvalue weighted by molar-refractivity contribution is 5.69. The average molecular weight is 531 g/mol. The van der Waals surface area contributed by atoms with Crippen LogP contribution in [0.15, 0.2) is 0 Å². The van der Waals surface area contributed by atoms with E-state index in [0.29, 0.717) is 26.2 Å². The van der Waals surface area contributed by atoms with Gasteiger partial charge in [-0.1, -0.05) is 85.0 Å². The molecule has 0 aliphatic carbocycles. The van der Waals surface area contributed by atoms with Gasteiger partial charge in [0.2, 0.25) is 0 Å². The average Bonchev–Trinajstić information content (AvgIpc) is 2.87. The number of nitrogens with one attached hydrogen (secondary N) is 1. The Labute approximate surface area is 227 Å². The van der Waals surface area contributed by atoms with Gasteiger partial charge in [0.05, 0.1) is 19.6 Å². The summed E-state index contributed by atoms with van der Waals surface area (Å²) in [6.07, 6.45) is 14.4. The predicted molar refractivity (Wildman–Crippen MR) is 150 cm³/mol. The highest BCUT2D eigenvalue weighted by Crippen LogP contribution is 2.12. The van der Waals surface area contributed by atoms with Crippen LogP contribution in [0.4, 0.5) is 4.79 Å². The van der Waals surface area contributed by atoms with Crippen LogP contribution in [0.5, 0.6) is 0 Å². The topological polar surface area (TPSA) is 86.3 Å². The number of esters is 1. The maximum atomic E-state index is 12.3. The Hall–Kier alpha value is -1.38. The van der Waals surface area contributed by atoms with Gasteiger partial charge in [0, 0.05) is 38.6 Å². The molecule has 0 aromatic carbocycles. The van der Waals surface area contributed by atoms with Crippen molar-refractivity contribution >= 4 is 12.1 Å². The van der Waals surface area contributed by atoms with Crippen molar-refractivity contribution in [3.63, 3.8) is 0 Å². The van der Waals surface area contributed by atoms with Crippen molar-refractivity contribution in [2.45, 2.75) is 117 Å². The van der Waals surface area contributed by atoms with Crippen molar-refractivity contribution < 1.29 is 28.5 Å². The van der Waals surface area contributed by atoms with Crippen LogP contribution >= 0.6 is 0 Å². The van der Waals surface area contributed by atoms with Gasteiger partial charge in [-0.3, -0.25) is 4.79 Å². The van der Waals surface area contributed by atoms with E-state index in [-0.39, 0.29) is 37.8 Å². The van der Waals surface area contributed by atoms with Gasteiger partial charge in [0.15, 0.2) is 6.29 Å². The molecule has 1 unspecified atom stereocenters. The molecule has 220 valence electrons. The maximum absolute atomic E-state index is 12.3. The third kappa shape index (κ3) is 26.0. The Bertz CT molecular complexity index is 515. The van der Waals surface area contributed by atoms with E-state index < -0.39 is 6.09 Å². The van der Waals surface area contributed by atoms with Gasteiger partial charge in [-0.25, -0.2) is 4.79 Å². The summed E-state index contributed by atoms with van der Waals surface area (Å²) < 4.78 is 22.5. The summed E-state index contributed by atoms with van der Waals surface area (Å²) in [5.41, 5.74) is 0. The molecule has 0 saturated heterocycles. The first-order valence-corrected chi connectivity index (χ1v) is 14.8. The van der Waals surface area contributed by atoms with Crippen molar-refractivity contribution in [1.82, 2.24) is 10.2 Å². The molecule has 8 heteroatoms. The lowest BCUT2D eigenvalue weighted by Gasteiger charge is -2.19. The molecule has 0 heterocycles. The van der Waals surface area contributed by atoms with Gasteiger partial charge in [-0.2, -0.15) is 0 Å². The molecule has 1 amide bonds. The molecule has 37 heavy (non-hydrogen) atoms. The highest BCUT2D eigenvalue weighted by atomic mass is 16.7. The Morgan fingerprint density at radius 2 is 1.27 bits per heavy atom. The summed E-state index contributed by atoms with van der Waals surface area (Å²) in [4.78, 5) is 26.0. The Morgan fingerprint density at radius 3 is 1.81 bits per heavy atom. The van der Waals surface area contributed by atoms with Crippen LogP contribution in [0.25, 0.3) is 0 Å². The van der Waals surface area contributed by atoms with Gasteiger partial charge in [-0.15, -0.1) is 0 Å². The van der Waals surface area contributed by atoms with E-state index in [2.05, 4.69) is 19.2 Å². The lowest BCUT2D eigenvalue weighted by molar-refractivity contribution is -0.160. The number of carbonyl (C=O) groups excluding carboxylic acids is 2. The number of ether oxygens (including phenoxy) is 4. The minimum atomic E-state index is -0.451. The third-order valence-corrected chi connectivity index (χ3v) is 6.04. The summed E-state index contributed by atoms with van der Waals surface area (Å²) >= 11 is 0. The van der Waals surface area contributed by atoms with Gasteiger partial charge in [0.1, 0.15) is 0 Å². The molecule has 0 spiro atoms. The zero-order valence-corrected chi connectivity index (χ0v) is 24.7. The highest BCUT2D eigenvalue weighted by Gasteiger charge is 2.15. The molecule has 1 N–H and O–H groups in total. The molecule has 0 aromatic heterocycles. The van der Waals surface area contributed by atoms with E-state index in [1.165, 1.54) is 64.2 Å². The fraction of sp³-hybridized carbons (Fsp3) is 0.931. The molecular weight excluding hydrogens is 472 g/mol. The van der Waals surface area contributed by atoms with Crippen LogP contribution in [0.3, 0.4) is 0 Å². The summed E-state index contributed by atoms with van der Waals surface area (Å²) in [5.74, 6) is -0.356. The Kier molecular flexibility index (Phi) is 25.3. The standard InChI is InChI=1S/C29H58N2O6/c1-6-8-10-12-14-16-22-34-28(35-23-17-15-13-11-9-7-2)19-18-27(32)36-24-26(3)25-37-29(33)30-20-21-31(4)5/h26,28H,6-25H2,1-5H3,(H,30,33). The number of alkyl carbamates (subject to hydrolysis) is 1. The molecule has 0 saturated carbocycles. The fourth-order valence-electron chi connectivity index (χ4n) is 3.65. The van der Waals surface area contributed by atoms with Crippen LogP contribution in [0.2, 0.25) is 0 Å². The number of unbranched alkanes of at least 4 members (excludes halogenated alkanes) is 10. The van der Waals surface area contributed by atoms with Gasteiger partial charge >= 0.3 is 12.1 Å². The minimum absolute atomic E-state index is 0.0766. The lowest BCUT2D eigenvalue weighted by Crippen LogP contribution is -2.32. The van der Waals surface area contributed by atoms with Crippen LogP contribution in [0, 0.1) is 5.92 Å². The fourth-order valence-corrected chi connectivity index (χ4v) is 3.65. The van der Waals surface area contributed by atoms with E-state index in [1.54, 1.807) is 0 Å². The summed E-state index contributed by atoms with van der Waals surface area (Å²) in [6.45, 7) is 9.34. The number of hydrogen-bond donors (Lipinski definition) is 1. The van der Waals surface area contributed by atoms with Crippen LogP contribution < -0.4 is 5.32 Å².